The van der Waals surface area contributed by atoms with E-state index in [4.69, 9.17) is 11.6 Å². The van der Waals surface area contributed by atoms with Gasteiger partial charge in [0.15, 0.2) is 0 Å². The van der Waals surface area contributed by atoms with Gasteiger partial charge in [-0.25, -0.2) is 12.8 Å². The Morgan fingerprint density at radius 3 is 2.36 bits per heavy atom. The molecule has 2 unspecified atom stereocenters. The molecule has 0 bridgehead atoms. The smallest absolute Gasteiger partial charge is 0.244 e. The van der Waals surface area contributed by atoms with E-state index in [1.807, 2.05) is 13.8 Å². The SMILES string of the molecule is CCC(C)NC(=O)C(C)N(Cc1cccc(Cl)c1)C(=O)CN(c1ccccc1F)S(C)(=O)=O. The number of sulfonamides is 1. The largest absolute Gasteiger partial charge is 0.352 e. The number of hydrogen-bond acceptors (Lipinski definition) is 4. The molecule has 0 heterocycles. The Labute approximate surface area is 199 Å². The number of nitrogens with one attached hydrogen (secondary N) is 1. The molecule has 0 radical (unpaired) electrons. The first-order valence-electron chi connectivity index (χ1n) is 10.5. The second kappa shape index (κ2) is 11.5. The molecule has 2 aromatic rings. The normalized spacial score (nSPS) is 13.2. The summed E-state index contributed by atoms with van der Waals surface area (Å²) in [5, 5.41) is 3.29. The molecule has 0 spiro atoms. The molecule has 1 N–H and O–H groups in total. The standard InChI is InChI=1S/C23H29ClFN3O4S/c1-5-16(2)26-23(30)17(3)27(14-18-9-8-10-19(24)13-18)22(29)15-28(33(4,31)32)21-12-7-6-11-20(21)25/h6-13,16-17H,5,14-15H2,1-4H3,(H,26,30). The van der Waals surface area contributed by atoms with Crippen LogP contribution >= 0.6 is 11.6 Å². The van der Waals surface area contributed by atoms with Crippen molar-refractivity contribution < 1.29 is 22.4 Å². The van der Waals surface area contributed by atoms with Crippen molar-refractivity contribution in [2.24, 2.45) is 0 Å². The zero-order valence-corrected chi connectivity index (χ0v) is 20.7. The summed E-state index contributed by atoms with van der Waals surface area (Å²) < 4.78 is 39.9. The number of benzene rings is 2. The van der Waals surface area contributed by atoms with E-state index in [0.29, 0.717) is 21.3 Å². The lowest BCUT2D eigenvalue weighted by Crippen LogP contribution is -2.52. The van der Waals surface area contributed by atoms with Gasteiger partial charge in [0.1, 0.15) is 18.4 Å². The lowest BCUT2D eigenvalue weighted by atomic mass is 10.1. The zero-order valence-electron chi connectivity index (χ0n) is 19.1. The van der Waals surface area contributed by atoms with Gasteiger partial charge in [0.2, 0.25) is 21.8 Å². The van der Waals surface area contributed by atoms with Gasteiger partial charge in [-0.15, -0.1) is 0 Å². The molecule has 10 heteroatoms. The number of carbonyl (C=O) groups is 2. The highest BCUT2D eigenvalue weighted by molar-refractivity contribution is 7.92. The van der Waals surface area contributed by atoms with Crippen LogP contribution in [0.15, 0.2) is 48.5 Å². The van der Waals surface area contributed by atoms with Crippen molar-refractivity contribution in [3.05, 3.63) is 64.9 Å². The summed E-state index contributed by atoms with van der Waals surface area (Å²) in [5.74, 6) is -1.81. The average Bonchev–Trinajstić information content (AvgIpc) is 2.75. The second-order valence-corrected chi connectivity index (χ2v) is 10.2. The van der Waals surface area contributed by atoms with Crippen LogP contribution in [0.2, 0.25) is 5.02 Å². The molecular weight excluding hydrogens is 469 g/mol. The Balaban J connectivity index is 2.40. The third-order valence-corrected chi connectivity index (χ3v) is 6.57. The fourth-order valence-corrected chi connectivity index (χ4v) is 4.19. The van der Waals surface area contributed by atoms with E-state index in [0.717, 1.165) is 12.3 Å². The van der Waals surface area contributed by atoms with E-state index < -0.39 is 34.3 Å². The molecule has 0 saturated heterocycles. The Morgan fingerprint density at radius 1 is 1.12 bits per heavy atom. The molecule has 0 fully saturated rings. The Kier molecular flexibility index (Phi) is 9.25. The number of carbonyl (C=O) groups excluding carboxylic acids is 2. The van der Waals surface area contributed by atoms with Crippen molar-refractivity contribution in [3.63, 3.8) is 0 Å². The number of para-hydroxylation sites is 1. The van der Waals surface area contributed by atoms with E-state index >= 15 is 0 Å². The molecule has 2 aromatic carbocycles. The minimum absolute atomic E-state index is 0.0172. The van der Waals surface area contributed by atoms with Crippen molar-refractivity contribution in [3.8, 4) is 0 Å². The van der Waals surface area contributed by atoms with Crippen LogP contribution in [-0.2, 0) is 26.2 Å². The third-order valence-electron chi connectivity index (χ3n) is 5.21. The molecule has 2 rings (SSSR count). The summed E-state index contributed by atoms with van der Waals surface area (Å²) in [5.41, 5.74) is 0.420. The summed E-state index contributed by atoms with van der Waals surface area (Å²) in [6.45, 7) is 4.68. The van der Waals surface area contributed by atoms with Crippen LogP contribution in [0.5, 0.6) is 0 Å². The Morgan fingerprint density at radius 2 is 1.79 bits per heavy atom. The second-order valence-electron chi connectivity index (χ2n) is 7.87. The van der Waals surface area contributed by atoms with Gasteiger partial charge in [-0.3, -0.25) is 13.9 Å². The summed E-state index contributed by atoms with van der Waals surface area (Å²) in [7, 11) is -3.99. The molecule has 2 amide bonds. The predicted molar refractivity (Wildman–Crippen MR) is 128 cm³/mol. The molecule has 0 aromatic heterocycles. The Bertz CT molecular complexity index is 1100. The highest BCUT2D eigenvalue weighted by Crippen LogP contribution is 2.22. The van der Waals surface area contributed by atoms with Crippen molar-refractivity contribution in [2.75, 3.05) is 17.1 Å². The molecule has 2 atom stereocenters. The first kappa shape index (κ1) is 26.6. The van der Waals surface area contributed by atoms with E-state index in [-0.39, 0.29) is 24.2 Å². The molecule has 0 aliphatic heterocycles. The minimum Gasteiger partial charge on any atom is -0.352 e. The van der Waals surface area contributed by atoms with Gasteiger partial charge in [0.25, 0.3) is 0 Å². The van der Waals surface area contributed by atoms with Crippen LogP contribution in [0.3, 0.4) is 0 Å². The van der Waals surface area contributed by atoms with Crippen molar-refractivity contribution in [1.82, 2.24) is 10.2 Å². The van der Waals surface area contributed by atoms with Crippen LogP contribution in [0.4, 0.5) is 10.1 Å². The molecule has 7 nitrogen and oxygen atoms in total. The van der Waals surface area contributed by atoms with Crippen molar-refractivity contribution in [2.45, 2.75) is 45.8 Å². The number of hydrogen-bond donors (Lipinski definition) is 1. The molecule has 180 valence electrons. The predicted octanol–water partition coefficient (Wildman–Crippen LogP) is 3.58. The fraction of sp³-hybridized carbons (Fsp3) is 0.391. The summed E-state index contributed by atoms with van der Waals surface area (Å²) in [6.07, 6.45) is 1.60. The number of rotatable bonds is 10. The first-order chi connectivity index (χ1) is 15.4. The van der Waals surface area contributed by atoms with Gasteiger partial charge in [-0.2, -0.15) is 0 Å². The van der Waals surface area contributed by atoms with Crippen LogP contribution in [0.25, 0.3) is 0 Å². The first-order valence-corrected chi connectivity index (χ1v) is 12.7. The van der Waals surface area contributed by atoms with Crippen molar-refractivity contribution >= 4 is 39.1 Å². The summed E-state index contributed by atoms with van der Waals surface area (Å²) in [6, 6.07) is 11.1. The number of anilines is 1. The van der Waals surface area contributed by atoms with E-state index in [9.17, 15) is 22.4 Å². The van der Waals surface area contributed by atoms with Gasteiger partial charge in [-0.1, -0.05) is 42.8 Å². The fourth-order valence-electron chi connectivity index (χ4n) is 3.13. The van der Waals surface area contributed by atoms with Gasteiger partial charge < -0.3 is 10.2 Å². The van der Waals surface area contributed by atoms with Gasteiger partial charge in [0.05, 0.1) is 11.9 Å². The highest BCUT2D eigenvalue weighted by Gasteiger charge is 2.31. The van der Waals surface area contributed by atoms with Crippen molar-refractivity contribution in [1.29, 1.82) is 0 Å². The lowest BCUT2D eigenvalue weighted by Gasteiger charge is -2.32. The summed E-state index contributed by atoms with van der Waals surface area (Å²) in [4.78, 5) is 27.4. The number of nitrogens with zero attached hydrogens (tertiary/aromatic N) is 2. The van der Waals surface area contributed by atoms with Crippen LogP contribution in [0.1, 0.15) is 32.8 Å². The van der Waals surface area contributed by atoms with E-state index in [1.165, 1.54) is 23.1 Å². The van der Waals surface area contributed by atoms with Gasteiger partial charge in [-0.05, 0) is 50.1 Å². The number of halogens is 2. The zero-order chi connectivity index (χ0) is 24.8. The quantitative estimate of drug-likeness (QED) is 0.543. The van der Waals surface area contributed by atoms with Gasteiger partial charge >= 0.3 is 0 Å². The molecular formula is C23H29ClFN3O4S. The third kappa shape index (κ3) is 7.43. The topological polar surface area (TPSA) is 86.8 Å². The molecule has 0 saturated carbocycles. The van der Waals surface area contributed by atoms with E-state index in [2.05, 4.69) is 5.32 Å². The maximum atomic E-state index is 14.4. The maximum absolute atomic E-state index is 14.4. The van der Waals surface area contributed by atoms with E-state index in [1.54, 1.807) is 31.2 Å². The molecule has 33 heavy (non-hydrogen) atoms. The Hall–Kier alpha value is -2.65. The van der Waals surface area contributed by atoms with Crippen LogP contribution in [-0.4, -0.2) is 50.0 Å². The summed E-state index contributed by atoms with van der Waals surface area (Å²) >= 11 is 6.07. The van der Waals surface area contributed by atoms with Gasteiger partial charge in [0, 0.05) is 17.6 Å². The monoisotopic (exact) mass is 497 g/mol. The minimum atomic E-state index is -3.99. The highest BCUT2D eigenvalue weighted by atomic mass is 35.5. The van der Waals surface area contributed by atoms with Crippen LogP contribution in [0, 0.1) is 5.82 Å². The van der Waals surface area contributed by atoms with Crippen LogP contribution < -0.4 is 9.62 Å². The average molecular weight is 498 g/mol. The molecule has 0 aliphatic carbocycles. The molecule has 0 aliphatic rings. The lowest BCUT2D eigenvalue weighted by molar-refractivity contribution is -0.139. The maximum Gasteiger partial charge on any atom is 0.244 e. The number of amides is 2.